The standard InChI is InChI=1S/C16H17Br2NO/c1-3-20-15-8-7-11(17)9-13(15)16(19)12-5-4-6-14(18)10(12)2/h4-9,16H,3,19H2,1-2H3. The van der Waals surface area contributed by atoms with Gasteiger partial charge < -0.3 is 10.5 Å². The SMILES string of the molecule is CCOc1ccc(Br)cc1C(N)c1cccc(Br)c1C. The summed E-state index contributed by atoms with van der Waals surface area (Å²) in [7, 11) is 0. The first-order chi connectivity index (χ1) is 9.54. The molecule has 2 nitrogen and oxygen atoms in total. The lowest BCUT2D eigenvalue weighted by Gasteiger charge is -2.19. The molecule has 0 aliphatic heterocycles. The average molecular weight is 399 g/mol. The summed E-state index contributed by atoms with van der Waals surface area (Å²) in [5, 5.41) is 0. The van der Waals surface area contributed by atoms with E-state index in [0.717, 1.165) is 31.4 Å². The molecule has 0 aromatic heterocycles. The summed E-state index contributed by atoms with van der Waals surface area (Å²) in [5.41, 5.74) is 9.70. The van der Waals surface area contributed by atoms with E-state index >= 15 is 0 Å². The van der Waals surface area contributed by atoms with Crippen LogP contribution in [-0.4, -0.2) is 6.61 Å². The van der Waals surface area contributed by atoms with Crippen LogP contribution in [0.3, 0.4) is 0 Å². The van der Waals surface area contributed by atoms with Gasteiger partial charge in [0, 0.05) is 14.5 Å². The van der Waals surface area contributed by atoms with E-state index in [4.69, 9.17) is 10.5 Å². The normalized spacial score (nSPS) is 12.2. The van der Waals surface area contributed by atoms with E-state index in [2.05, 4.69) is 44.8 Å². The molecule has 0 radical (unpaired) electrons. The maximum Gasteiger partial charge on any atom is 0.124 e. The fraction of sp³-hybridized carbons (Fsp3) is 0.250. The van der Waals surface area contributed by atoms with Crippen molar-refractivity contribution in [3.05, 3.63) is 62.0 Å². The van der Waals surface area contributed by atoms with E-state index in [1.54, 1.807) is 0 Å². The summed E-state index contributed by atoms with van der Waals surface area (Å²) in [5.74, 6) is 0.836. The van der Waals surface area contributed by atoms with Crippen LogP contribution in [0.2, 0.25) is 0 Å². The van der Waals surface area contributed by atoms with Gasteiger partial charge in [-0.05, 0) is 49.2 Å². The predicted molar refractivity (Wildman–Crippen MR) is 90.2 cm³/mol. The first-order valence-corrected chi connectivity index (χ1v) is 8.06. The Morgan fingerprint density at radius 2 is 1.90 bits per heavy atom. The Morgan fingerprint density at radius 3 is 2.60 bits per heavy atom. The fourth-order valence-electron chi connectivity index (χ4n) is 2.18. The van der Waals surface area contributed by atoms with Gasteiger partial charge in [0.15, 0.2) is 0 Å². The van der Waals surface area contributed by atoms with Crippen molar-refractivity contribution in [2.75, 3.05) is 6.61 Å². The molecule has 2 rings (SSSR count). The summed E-state index contributed by atoms with van der Waals surface area (Å²) in [4.78, 5) is 0. The molecule has 106 valence electrons. The highest BCUT2D eigenvalue weighted by atomic mass is 79.9. The van der Waals surface area contributed by atoms with Gasteiger partial charge in [0.25, 0.3) is 0 Å². The lowest BCUT2D eigenvalue weighted by molar-refractivity contribution is 0.335. The zero-order chi connectivity index (χ0) is 14.7. The predicted octanol–water partition coefficient (Wildman–Crippen LogP) is 4.97. The third kappa shape index (κ3) is 3.25. The van der Waals surface area contributed by atoms with E-state index in [9.17, 15) is 0 Å². The molecule has 0 amide bonds. The van der Waals surface area contributed by atoms with E-state index in [1.807, 2.05) is 37.3 Å². The topological polar surface area (TPSA) is 35.2 Å². The van der Waals surface area contributed by atoms with Crippen LogP contribution in [0.1, 0.15) is 29.7 Å². The summed E-state index contributed by atoms with van der Waals surface area (Å²) in [6.45, 7) is 4.66. The molecule has 0 heterocycles. The number of benzene rings is 2. The highest BCUT2D eigenvalue weighted by Crippen LogP contribution is 2.34. The molecule has 2 aromatic carbocycles. The first-order valence-electron chi connectivity index (χ1n) is 6.47. The second kappa shape index (κ2) is 6.74. The summed E-state index contributed by atoms with van der Waals surface area (Å²) in [6, 6.07) is 11.8. The minimum atomic E-state index is -0.216. The zero-order valence-corrected chi connectivity index (χ0v) is 14.7. The third-order valence-electron chi connectivity index (χ3n) is 3.25. The molecule has 1 atom stereocenters. The molecule has 0 aliphatic carbocycles. The van der Waals surface area contributed by atoms with Gasteiger partial charge in [-0.3, -0.25) is 0 Å². The molecule has 2 N–H and O–H groups in total. The summed E-state index contributed by atoms with van der Waals surface area (Å²) < 4.78 is 7.76. The average Bonchev–Trinajstić information content (AvgIpc) is 2.43. The van der Waals surface area contributed by atoms with Crippen molar-refractivity contribution >= 4 is 31.9 Å². The number of hydrogen-bond acceptors (Lipinski definition) is 2. The Kier molecular flexibility index (Phi) is 5.24. The molecule has 0 fully saturated rings. The van der Waals surface area contributed by atoms with Crippen LogP contribution >= 0.6 is 31.9 Å². The Hall–Kier alpha value is -0.840. The smallest absolute Gasteiger partial charge is 0.124 e. The van der Waals surface area contributed by atoms with Gasteiger partial charge in [-0.15, -0.1) is 0 Å². The molecule has 0 spiro atoms. The minimum absolute atomic E-state index is 0.216. The molecule has 1 unspecified atom stereocenters. The molecular weight excluding hydrogens is 382 g/mol. The molecule has 4 heteroatoms. The molecule has 20 heavy (non-hydrogen) atoms. The van der Waals surface area contributed by atoms with Crippen molar-refractivity contribution in [1.82, 2.24) is 0 Å². The van der Waals surface area contributed by atoms with Gasteiger partial charge in [-0.25, -0.2) is 0 Å². The largest absolute Gasteiger partial charge is 0.494 e. The van der Waals surface area contributed by atoms with Gasteiger partial charge >= 0.3 is 0 Å². The number of rotatable bonds is 4. The zero-order valence-electron chi connectivity index (χ0n) is 11.5. The Balaban J connectivity index is 2.49. The van der Waals surface area contributed by atoms with Crippen molar-refractivity contribution in [3.63, 3.8) is 0 Å². The van der Waals surface area contributed by atoms with Crippen LogP contribution in [0.5, 0.6) is 5.75 Å². The number of nitrogens with two attached hydrogens (primary N) is 1. The van der Waals surface area contributed by atoms with Crippen LogP contribution in [0.4, 0.5) is 0 Å². The number of hydrogen-bond donors (Lipinski definition) is 1. The first kappa shape index (κ1) is 15.5. The Bertz CT molecular complexity index is 613. The van der Waals surface area contributed by atoms with Crippen LogP contribution in [0, 0.1) is 6.92 Å². The van der Waals surface area contributed by atoms with Crippen molar-refractivity contribution < 1.29 is 4.74 Å². The quantitative estimate of drug-likeness (QED) is 0.789. The highest BCUT2D eigenvalue weighted by molar-refractivity contribution is 9.10. The molecule has 0 saturated carbocycles. The molecule has 0 aliphatic rings. The van der Waals surface area contributed by atoms with Gasteiger partial charge in [0.1, 0.15) is 5.75 Å². The number of halogens is 2. The third-order valence-corrected chi connectivity index (χ3v) is 4.60. The van der Waals surface area contributed by atoms with Crippen molar-refractivity contribution in [1.29, 1.82) is 0 Å². The van der Waals surface area contributed by atoms with Gasteiger partial charge in [0.2, 0.25) is 0 Å². The molecule has 0 saturated heterocycles. The van der Waals surface area contributed by atoms with Crippen molar-refractivity contribution in [2.45, 2.75) is 19.9 Å². The summed E-state index contributed by atoms with van der Waals surface area (Å²) >= 11 is 7.06. The van der Waals surface area contributed by atoms with E-state index in [0.29, 0.717) is 6.61 Å². The minimum Gasteiger partial charge on any atom is -0.494 e. The van der Waals surface area contributed by atoms with Gasteiger partial charge in [0.05, 0.1) is 12.6 Å². The maximum atomic E-state index is 6.46. The molecular formula is C16H17Br2NO. The lowest BCUT2D eigenvalue weighted by atomic mass is 9.95. The van der Waals surface area contributed by atoms with Crippen LogP contribution < -0.4 is 10.5 Å². The van der Waals surface area contributed by atoms with Gasteiger partial charge in [-0.1, -0.05) is 44.0 Å². The Labute approximate surface area is 136 Å². The van der Waals surface area contributed by atoms with Crippen molar-refractivity contribution in [3.8, 4) is 5.75 Å². The van der Waals surface area contributed by atoms with Crippen molar-refractivity contribution in [2.24, 2.45) is 5.73 Å². The monoisotopic (exact) mass is 397 g/mol. The second-order valence-corrected chi connectivity index (χ2v) is 6.32. The summed E-state index contributed by atoms with van der Waals surface area (Å²) in [6.07, 6.45) is 0. The van der Waals surface area contributed by atoms with Crippen LogP contribution in [0.15, 0.2) is 45.3 Å². The lowest BCUT2D eigenvalue weighted by Crippen LogP contribution is -2.15. The molecule has 0 bridgehead atoms. The Morgan fingerprint density at radius 1 is 1.15 bits per heavy atom. The van der Waals surface area contributed by atoms with E-state index < -0.39 is 0 Å². The van der Waals surface area contributed by atoms with E-state index in [1.165, 1.54) is 0 Å². The molecule has 2 aromatic rings. The van der Waals surface area contributed by atoms with Crippen LogP contribution in [-0.2, 0) is 0 Å². The van der Waals surface area contributed by atoms with Gasteiger partial charge in [-0.2, -0.15) is 0 Å². The maximum absolute atomic E-state index is 6.46. The fourth-order valence-corrected chi connectivity index (χ4v) is 2.94. The number of ether oxygens (including phenoxy) is 1. The second-order valence-electron chi connectivity index (χ2n) is 4.55. The van der Waals surface area contributed by atoms with Crippen LogP contribution in [0.25, 0.3) is 0 Å². The van der Waals surface area contributed by atoms with E-state index in [-0.39, 0.29) is 6.04 Å². The highest BCUT2D eigenvalue weighted by Gasteiger charge is 2.17.